The number of carbonyl (C=O) groups is 2. The number of benzene rings is 1. The van der Waals surface area contributed by atoms with Crippen LogP contribution < -0.4 is 10.6 Å². The van der Waals surface area contributed by atoms with Gasteiger partial charge in [0.1, 0.15) is 5.00 Å². The van der Waals surface area contributed by atoms with Gasteiger partial charge in [0.25, 0.3) is 5.91 Å². The summed E-state index contributed by atoms with van der Waals surface area (Å²) < 4.78 is 26.9. The van der Waals surface area contributed by atoms with Gasteiger partial charge >= 0.3 is 0 Å². The molecule has 154 valence electrons. The van der Waals surface area contributed by atoms with E-state index < -0.39 is 10.0 Å². The predicted molar refractivity (Wildman–Crippen MR) is 111 cm³/mol. The maximum Gasteiger partial charge on any atom is 0.254 e. The average molecular weight is 434 g/mol. The number of piperidine rings is 1. The molecule has 2 aliphatic rings. The highest BCUT2D eigenvalue weighted by Crippen LogP contribution is 2.28. The Morgan fingerprint density at radius 2 is 1.69 bits per heavy atom. The Kier molecular flexibility index (Phi) is 5.71. The summed E-state index contributed by atoms with van der Waals surface area (Å²) >= 11 is 1.32. The monoisotopic (exact) mass is 433 g/mol. The molecular formula is C20H23N3O4S2. The predicted octanol–water partition coefficient (Wildman–Crippen LogP) is 2.68. The molecule has 1 aromatic carbocycles. The maximum atomic E-state index is 12.7. The van der Waals surface area contributed by atoms with Crippen LogP contribution in [0.3, 0.4) is 0 Å². The molecule has 0 radical (unpaired) electrons. The van der Waals surface area contributed by atoms with Crippen molar-refractivity contribution in [3.8, 4) is 0 Å². The van der Waals surface area contributed by atoms with Gasteiger partial charge in [-0.05, 0) is 49.3 Å². The Morgan fingerprint density at radius 3 is 2.34 bits per heavy atom. The minimum Gasteiger partial charge on any atom is -0.349 e. The molecule has 2 fully saturated rings. The summed E-state index contributed by atoms with van der Waals surface area (Å²) in [6.07, 6.45) is 2.91. The van der Waals surface area contributed by atoms with Gasteiger partial charge in [-0.2, -0.15) is 4.31 Å². The fraction of sp³-hybridized carbons (Fsp3) is 0.400. The molecule has 1 aromatic heterocycles. The van der Waals surface area contributed by atoms with Crippen LogP contribution in [0.1, 0.15) is 36.0 Å². The number of hydrogen-bond acceptors (Lipinski definition) is 5. The summed E-state index contributed by atoms with van der Waals surface area (Å²) in [6, 6.07) is 10.3. The van der Waals surface area contributed by atoms with Gasteiger partial charge in [0.05, 0.1) is 10.5 Å². The van der Waals surface area contributed by atoms with Crippen LogP contribution >= 0.6 is 11.3 Å². The third-order valence-electron chi connectivity index (χ3n) is 5.26. The van der Waals surface area contributed by atoms with E-state index >= 15 is 0 Å². The molecule has 2 amide bonds. The molecular weight excluding hydrogens is 410 g/mol. The van der Waals surface area contributed by atoms with Gasteiger partial charge in [0, 0.05) is 25.0 Å². The number of rotatable bonds is 6. The molecule has 0 unspecified atom stereocenters. The average Bonchev–Trinajstić information content (AvgIpc) is 3.43. The molecule has 2 heterocycles. The fourth-order valence-corrected chi connectivity index (χ4v) is 5.67. The van der Waals surface area contributed by atoms with E-state index in [1.54, 1.807) is 41.8 Å². The van der Waals surface area contributed by atoms with E-state index in [2.05, 4.69) is 10.6 Å². The summed E-state index contributed by atoms with van der Waals surface area (Å²) in [7, 11) is -3.53. The summed E-state index contributed by atoms with van der Waals surface area (Å²) in [6.45, 7) is 0.601. The number of sulfonamides is 1. The molecule has 1 aliphatic heterocycles. The van der Waals surface area contributed by atoms with Crippen molar-refractivity contribution in [1.82, 2.24) is 9.62 Å². The lowest BCUT2D eigenvalue weighted by atomic mass is 9.97. The Bertz CT molecular complexity index is 992. The molecule has 29 heavy (non-hydrogen) atoms. The van der Waals surface area contributed by atoms with Crippen LogP contribution in [-0.4, -0.2) is 43.7 Å². The summed E-state index contributed by atoms with van der Waals surface area (Å²) in [5, 5.41) is 8.13. The number of carbonyl (C=O) groups excluding carboxylic acids is 2. The van der Waals surface area contributed by atoms with Gasteiger partial charge in [0.2, 0.25) is 15.9 Å². The molecule has 1 saturated heterocycles. The first-order valence-corrected chi connectivity index (χ1v) is 12.0. The third-order valence-corrected chi connectivity index (χ3v) is 8.01. The Morgan fingerprint density at radius 1 is 1.00 bits per heavy atom. The van der Waals surface area contributed by atoms with E-state index in [4.69, 9.17) is 0 Å². The van der Waals surface area contributed by atoms with Crippen LogP contribution in [0.25, 0.3) is 0 Å². The van der Waals surface area contributed by atoms with Crippen molar-refractivity contribution in [2.45, 2.75) is 36.6 Å². The van der Waals surface area contributed by atoms with Crippen molar-refractivity contribution in [1.29, 1.82) is 0 Å². The van der Waals surface area contributed by atoms with Crippen molar-refractivity contribution in [3.63, 3.8) is 0 Å². The van der Waals surface area contributed by atoms with Crippen molar-refractivity contribution in [2.24, 2.45) is 5.92 Å². The van der Waals surface area contributed by atoms with E-state index in [0.29, 0.717) is 36.5 Å². The summed E-state index contributed by atoms with van der Waals surface area (Å²) in [5.74, 6) is -0.601. The van der Waals surface area contributed by atoms with Crippen molar-refractivity contribution < 1.29 is 18.0 Å². The zero-order chi connectivity index (χ0) is 20.4. The smallest absolute Gasteiger partial charge is 0.254 e. The third kappa shape index (κ3) is 4.52. The van der Waals surface area contributed by atoms with E-state index in [1.165, 1.54) is 15.6 Å². The van der Waals surface area contributed by atoms with Gasteiger partial charge in [-0.25, -0.2) is 8.42 Å². The minimum atomic E-state index is -3.53. The first kappa shape index (κ1) is 20.1. The maximum absolute atomic E-state index is 12.7. The molecule has 0 spiro atoms. The van der Waals surface area contributed by atoms with Crippen LogP contribution in [0.15, 0.2) is 46.7 Å². The molecule has 4 rings (SSSR count). The lowest BCUT2D eigenvalue weighted by molar-refractivity contribution is -0.120. The molecule has 1 saturated carbocycles. The van der Waals surface area contributed by atoms with Crippen molar-refractivity contribution in [2.75, 3.05) is 18.4 Å². The largest absolute Gasteiger partial charge is 0.349 e. The zero-order valence-electron chi connectivity index (χ0n) is 15.8. The summed E-state index contributed by atoms with van der Waals surface area (Å²) in [4.78, 5) is 25.3. The molecule has 7 nitrogen and oxygen atoms in total. The highest BCUT2D eigenvalue weighted by atomic mass is 32.2. The fourth-order valence-electron chi connectivity index (χ4n) is 3.39. The quantitative estimate of drug-likeness (QED) is 0.732. The number of nitrogens with one attached hydrogen (secondary N) is 2. The number of amides is 2. The molecule has 1 aliphatic carbocycles. The molecule has 2 aromatic rings. The lowest BCUT2D eigenvalue weighted by Crippen LogP contribution is -2.41. The molecule has 0 atom stereocenters. The van der Waals surface area contributed by atoms with Gasteiger partial charge < -0.3 is 10.6 Å². The van der Waals surface area contributed by atoms with E-state index in [9.17, 15) is 18.0 Å². The Labute approximate surface area is 174 Å². The van der Waals surface area contributed by atoms with Gasteiger partial charge in [-0.3, -0.25) is 9.59 Å². The minimum absolute atomic E-state index is 0.159. The van der Waals surface area contributed by atoms with Crippen LogP contribution in [0.2, 0.25) is 0 Å². The van der Waals surface area contributed by atoms with Crippen molar-refractivity contribution >= 4 is 38.2 Å². The molecule has 9 heteroatoms. The second-order valence-corrected chi connectivity index (χ2v) is 10.2. The molecule has 2 N–H and O–H groups in total. The van der Waals surface area contributed by atoms with E-state index in [1.807, 2.05) is 0 Å². The first-order chi connectivity index (χ1) is 13.9. The second kappa shape index (κ2) is 8.25. The van der Waals surface area contributed by atoms with Gasteiger partial charge in [0.15, 0.2) is 0 Å². The number of nitrogens with zero attached hydrogens (tertiary/aromatic N) is 1. The lowest BCUT2D eigenvalue weighted by Gasteiger charge is -2.30. The topological polar surface area (TPSA) is 95.6 Å². The Balaban J connectivity index is 1.35. The number of anilines is 1. The van der Waals surface area contributed by atoms with E-state index in [-0.39, 0.29) is 28.7 Å². The normalized spacial score (nSPS) is 18.3. The summed E-state index contributed by atoms with van der Waals surface area (Å²) in [5.41, 5.74) is 0.486. The highest BCUT2D eigenvalue weighted by Gasteiger charge is 2.32. The van der Waals surface area contributed by atoms with Crippen LogP contribution in [-0.2, 0) is 14.8 Å². The van der Waals surface area contributed by atoms with E-state index in [0.717, 1.165) is 12.8 Å². The van der Waals surface area contributed by atoms with Crippen LogP contribution in [0.5, 0.6) is 0 Å². The highest BCUT2D eigenvalue weighted by molar-refractivity contribution is 7.89. The van der Waals surface area contributed by atoms with Crippen molar-refractivity contribution in [3.05, 3.63) is 47.3 Å². The molecule has 0 bridgehead atoms. The number of hydrogen-bond donors (Lipinski definition) is 2. The van der Waals surface area contributed by atoms with Crippen LogP contribution in [0.4, 0.5) is 5.00 Å². The SMILES string of the molecule is O=C(NC1CC1)c1ccsc1NC(=O)C1CCN(S(=O)(=O)c2ccccc2)CC1. The second-order valence-electron chi connectivity index (χ2n) is 7.39. The first-order valence-electron chi connectivity index (χ1n) is 9.69. The zero-order valence-corrected chi connectivity index (χ0v) is 17.5. The van der Waals surface area contributed by atoms with Gasteiger partial charge in [-0.15, -0.1) is 11.3 Å². The van der Waals surface area contributed by atoms with Gasteiger partial charge in [-0.1, -0.05) is 18.2 Å². The standard InChI is InChI=1S/C20H23N3O4S2/c24-18(22-20-17(10-13-28-20)19(25)21-15-6-7-15)14-8-11-23(12-9-14)29(26,27)16-4-2-1-3-5-16/h1-5,10,13-15H,6-9,11-12H2,(H,21,25)(H,22,24). The van der Waals surface area contributed by atoms with Crippen LogP contribution in [0, 0.1) is 5.92 Å². The number of thiophene rings is 1. The Hall–Kier alpha value is -2.23.